The number of methoxy groups -OCH3 is 1. The molecule has 5 heteroatoms. The smallest absolute Gasteiger partial charge is 0.168 e. The SMILES string of the molecule is COc1ccc(Cl)cc1CC(=O)c1ccc(Cl)nc1. The van der Waals surface area contributed by atoms with E-state index in [-0.39, 0.29) is 12.2 Å². The Morgan fingerprint density at radius 3 is 2.68 bits per heavy atom. The van der Waals surface area contributed by atoms with Gasteiger partial charge < -0.3 is 4.74 Å². The number of aromatic nitrogens is 1. The lowest BCUT2D eigenvalue weighted by Gasteiger charge is -2.08. The number of rotatable bonds is 4. The molecule has 0 aliphatic rings. The van der Waals surface area contributed by atoms with E-state index in [4.69, 9.17) is 27.9 Å². The van der Waals surface area contributed by atoms with Crippen molar-refractivity contribution in [2.75, 3.05) is 7.11 Å². The number of hydrogen-bond donors (Lipinski definition) is 0. The van der Waals surface area contributed by atoms with Gasteiger partial charge in [-0.3, -0.25) is 4.79 Å². The first-order valence-electron chi connectivity index (χ1n) is 5.57. The van der Waals surface area contributed by atoms with Crippen LogP contribution in [0.25, 0.3) is 0 Å². The summed E-state index contributed by atoms with van der Waals surface area (Å²) in [5.74, 6) is 0.574. The van der Waals surface area contributed by atoms with Crippen LogP contribution in [0.5, 0.6) is 5.75 Å². The number of hydrogen-bond acceptors (Lipinski definition) is 3. The Balaban J connectivity index is 2.23. The highest BCUT2D eigenvalue weighted by Gasteiger charge is 2.12. The fourth-order valence-electron chi connectivity index (χ4n) is 1.70. The summed E-state index contributed by atoms with van der Waals surface area (Å²) in [5.41, 5.74) is 1.25. The molecule has 0 saturated carbocycles. The number of carbonyl (C=O) groups is 1. The van der Waals surface area contributed by atoms with Crippen molar-refractivity contribution in [3.8, 4) is 5.75 Å². The van der Waals surface area contributed by atoms with Crippen molar-refractivity contribution in [1.82, 2.24) is 4.98 Å². The van der Waals surface area contributed by atoms with Crippen LogP contribution in [0.1, 0.15) is 15.9 Å². The lowest BCUT2D eigenvalue weighted by molar-refractivity contribution is 0.0992. The van der Waals surface area contributed by atoms with Gasteiger partial charge in [0.1, 0.15) is 10.9 Å². The van der Waals surface area contributed by atoms with Crippen LogP contribution in [-0.2, 0) is 6.42 Å². The van der Waals surface area contributed by atoms with E-state index in [0.29, 0.717) is 21.5 Å². The zero-order chi connectivity index (χ0) is 13.8. The summed E-state index contributed by atoms with van der Waals surface area (Å²) in [6, 6.07) is 8.42. The van der Waals surface area contributed by atoms with Gasteiger partial charge in [0.2, 0.25) is 0 Å². The molecular weight excluding hydrogens is 285 g/mol. The van der Waals surface area contributed by atoms with Crippen molar-refractivity contribution in [3.63, 3.8) is 0 Å². The summed E-state index contributed by atoms with van der Waals surface area (Å²) in [5, 5.41) is 0.926. The average Bonchev–Trinajstić information content (AvgIpc) is 2.39. The van der Waals surface area contributed by atoms with E-state index >= 15 is 0 Å². The van der Waals surface area contributed by atoms with Gasteiger partial charge in [0, 0.05) is 28.8 Å². The molecule has 0 N–H and O–H groups in total. The molecule has 0 saturated heterocycles. The summed E-state index contributed by atoms with van der Waals surface area (Å²) in [7, 11) is 1.56. The molecule has 0 radical (unpaired) electrons. The maximum absolute atomic E-state index is 12.1. The van der Waals surface area contributed by atoms with Crippen LogP contribution in [0.15, 0.2) is 36.5 Å². The summed E-state index contributed by atoms with van der Waals surface area (Å²) in [4.78, 5) is 16.0. The number of ketones is 1. The lowest BCUT2D eigenvalue weighted by Crippen LogP contribution is -2.05. The van der Waals surface area contributed by atoms with E-state index in [0.717, 1.165) is 5.56 Å². The van der Waals surface area contributed by atoms with Crippen molar-refractivity contribution in [1.29, 1.82) is 0 Å². The third kappa shape index (κ3) is 3.46. The van der Waals surface area contributed by atoms with Crippen LogP contribution >= 0.6 is 23.2 Å². The standard InChI is InChI=1S/C14H11Cl2NO2/c1-19-13-4-3-11(15)6-10(13)7-12(18)9-2-5-14(16)17-8-9/h2-6,8H,7H2,1H3. The van der Waals surface area contributed by atoms with Crippen molar-refractivity contribution in [2.45, 2.75) is 6.42 Å². The minimum atomic E-state index is -0.0651. The minimum Gasteiger partial charge on any atom is -0.496 e. The van der Waals surface area contributed by atoms with Gasteiger partial charge in [-0.1, -0.05) is 23.2 Å². The monoisotopic (exact) mass is 295 g/mol. The maximum atomic E-state index is 12.1. The van der Waals surface area contributed by atoms with E-state index in [9.17, 15) is 4.79 Å². The molecule has 0 spiro atoms. The quantitative estimate of drug-likeness (QED) is 0.636. The Morgan fingerprint density at radius 2 is 2.05 bits per heavy atom. The van der Waals surface area contributed by atoms with Crippen LogP contribution < -0.4 is 4.74 Å². The largest absolute Gasteiger partial charge is 0.496 e. The Hall–Kier alpha value is -1.58. The van der Waals surface area contributed by atoms with Gasteiger partial charge in [-0.15, -0.1) is 0 Å². The fourth-order valence-corrected chi connectivity index (χ4v) is 2.01. The van der Waals surface area contributed by atoms with E-state index in [1.54, 1.807) is 37.4 Å². The summed E-state index contributed by atoms with van der Waals surface area (Å²) >= 11 is 11.6. The lowest BCUT2D eigenvalue weighted by atomic mass is 10.0. The van der Waals surface area contributed by atoms with E-state index in [1.807, 2.05) is 0 Å². The zero-order valence-corrected chi connectivity index (χ0v) is 11.7. The Morgan fingerprint density at radius 1 is 1.26 bits per heavy atom. The molecule has 0 bridgehead atoms. The molecular formula is C14H11Cl2NO2. The minimum absolute atomic E-state index is 0.0651. The molecule has 0 fully saturated rings. The van der Waals surface area contributed by atoms with Gasteiger partial charge in [-0.2, -0.15) is 0 Å². The first-order chi connectivity index (χ1) is 9.10. The molecule has 1 aromatic heterocycles. The first kappa shape index (κ1) is 13.8. The van der Waals surface area contributed by atoms with E-state index in [2.05, 4.69) is 4.98 Å². The summed E-state index contributed by atoms with van der Waals surface area (Å²) in [6.07, 6.45) is 1.66. The highest BCUT2D eigenvalue weighted by Crippen LogP contribution is 2.24. The Kier molecular flexibility index (Phi) is 4.40. The number of ether oxygens (including phenoxy) is 1. The highest BCUT2D eigenvalue weighted by atomic mass is 35.5. The molecule has 2 rings (SSSR count). The van der Waals surface area contributed by atoms with Crippen molar-refractivity contribution >= 4 is 29.0 Å². The number of nitrogens with zero attached hydrogens (tertiary/aromatic N) is 1. The predicted octanol–water partition coefficient (Wildman–Crippen LogP) is 3.82. The van der Waals surface area contributed by atoms with E-state index in [1.165, 1.54) is 6.20 Å². The third-order valence-corrected chi connectivity index (χ3v) is 3.10. The van der Waals surface area contributed by atoms with Gasteiger partial charge >= 0.3 is 0 Å². The topological polar surface area (TPSA) is 39.2 Å². The van der Waals surface area contributed by atoms with Crippen molar-refractivity contribution in [2.24, 2.45) is 0 Å². The second kappa shape index (κ2) is 6.04. The zero-order valence-electron chi connectivity index (χ0n) is 10.2. The Labute approximate surface area is 121 Å². The Bertz CT molecular complexity index is 597. The molecule has 1 heterocycles. The molecule has 2 aromatic rings. The number of halogens is 2. The molecule has 1 aromatic carbocycles. The molecule has 0 unspecified atom stereocenters. The third-order valence-electron chi connectivity index (χ3n) is 2.64. The number of carbonyl (C=O) groups excluding carboxylic acids is 1. The first-order valence-corrected chi connectivity index (χ1v) is 6.33. The molecule has 3 nitrogen and oxygen atoms in total. The number of Topliss-reactive ketones (excluding diaryl/α,β-unsaturated/α-hetero) is 1. The van der Waals surface area contributed by atoms with Gasteiger partial charge in [-0.05, 0) is 30.3 Å². The maximum Gasteiger partial charge on any atom is 0.168 e. The van der Waals surface area contributed by atoms with Crippen LogP contribution in [0, 0.1) is 0 Å². The van der Waals surface area contributed by atoms with Crippen LogP contribution in [0.3, 0.4) is 0 Å². The second-order valence-electron chi connectivity index (χ2n) is 3.93. The van der Waals surface area contributed by atoms with Crippen molar-refractivity contribution < 1.29 is 9.53 Å². The predicted molar refractivity (Wildman–Crippen MR) is 75.3 cm³/mol. The van der Waals surface area contributed by atoms with Gasteiger partial charge in [-0.25, -0.2) is 4.98 Å². The summed E-state index contributed by atoms with van der Waals surface area (Å²) < 4.78 is 5.21. The molecule has 98 valence electrons. The van der Waals surface area contributed by atoms with Gasteiger partial charge in [0.15, 0.2) is 5.78 Å². The van der Waals surface area contributed by atoms with E-state index < -0.39 is 0 Å². The number of pyridine rings is 1. The normalized spacial score (nSPS) is 10.3. The molecule has 0 aliphatic heterocycles. The van der Waals surface area contributed by atoms with Gasteiger partial charge in [0.05, 0.1) is 7.11 Å². The number of benzene rings is 1. The molecule has 0 amide bonds. The summed E-state index contributed by atoms with van der Waals surface area (Å²) in [6.45, 7) is 0. The molecule has 0 aliphatic carbocycles. The van der Waals surface area contributed by atoms with Crippen molar-refractivity contribution in [3.05, 3.63) is 57.8 Å². The second-order valence-corrected chi connectivity index (χ2v) is 4.75. The average molecular weight is 296 g/mol. The fraction of sp³-hybridized carbons (Fsp3) is 0.143. The molecule has 0 atom stereocenters. The molecule has 19 heavy (non-hydrogen) atoms. The highest BCUT2D eigenvalue weighted by molar-refractivity contribution is 6.30. The van der Waals surface area contributed by atoms with Crippen LogP contribution in [0.2, 0.25) is 10.2 Å². The van der Waals surface area contributed by atoms with Gasteiger partial charge in [0.25, 0.3) is 0 Å². The van der Waals surface area contributed by atoms with Crippen LogP contribution in [-0.4, -0.2) is 17.9 Å². The van der Waals surface area contributed by atoms with Crippen LogP contribution in [0.4, 0.5) is 0 Å².